The molecule has 3 nitrogen and oxygen atoms in total. The highest BCUT2D eigenvalue weighted by atomic mass is 19.1. The molecule has 0 bridgehead atoms. The lowest BCUT2D eigenvalue weighted by molar-refractivity contribution is 0.153. The van der Waals surface area contributed by atoms with Crippen LogP contribution in [0.15, 0.2) is 18.2 Å². The van der Waals surface area contributed by atoms with Crippen LogP contribution in [0.4, 0.5) is 9.18 Å². The largest absolute Gasteiger partial charge is 0.465 e. The van der Waals surface area contributed by atoms with Gasteiger partial charge in [-0.3, -0.25) is 0 Å². The molecule has 0 aromatic heterocycles. The van der Waals surface area contributed by atoms with Gasteiger partial charge in [-0.05, 0) is 18.6 Å². The number of benzene rings is 1. The number of hydrogen-bond donors (Lipinski definition) is 1. The van der Waals surface area contributed by atoms with E-state index in [1.807, 2.05) is 0 Å². The molecule has 0 saturated carbocycles. The molecule has 0 radical (unpaired) electrons. The van der Waals surface area contributed by atoms with Gasteiger partial charge < -0.3 is 10.0 Å². The minimum absolute atomic E-state index is 0.0772. The van der Waals surface area contributed by atoms with E-state index in [1.54, 1.807) is 19.1 Å². The van der Waals surface area contributed by atoms with Crippen LogP contribution in [0.5, 0.6) is 0 Å². The van der Waals surface area contributed by atoms with Crippen LogP contribution in [0.3, 0.4) is 0 Å². The number of rotatable bonds is 2. The summed E-state index contributed by atoms with van der Waals surface area (Å²) in [4.78, 5) is 11.6. The van der Waals surface area contributed by atoms with Crippen LogP contribution < -0.4 is 0 Å². The summed E-state index contributed by atoms with van der Waals surface area (Å²) in [5.74, 6) is -0.363. The predicted molar refractivity (Wildman–Crippen MR) is 50.6 cm³/mol. The van der Waals surface area contributed by atoms with Gasteiger partial charge in [0.05, 0.1) is 6.54 Å². The number of carbonyl (C=O) groups is 1. The van der Waals surface area contributed by atoms with Crippen molar-refractivity contribution >= 4 is 6.09 Å². The topological polar surface area (TPSA) is 40.5 Å². The van der Waals surface area contributed by atoms with Crippen LogP contribution >= 0.6 is 0 Å². The van der Waals surface area contributed by atoms with Crippen LogP contribution in [0, 0.1) is 12.7 Å². The molecule has 0 aliphatic rings. The SMILES string of the molecule is Cc1cccc(F)c1CN(C)C(=O)O. The van der Waals surface area contributed by atoms with Crippen molar-refractivity contribution in [3.05, 3.63) is 35.1 Å². The maximum atomic E-state index is 13.3. The number of carboxylic acid groups (broad SMARTS) is 1. The lowest BCUT2D eigenvalue weighted by atomic mass is 10.1. The Bertz CT molecular complexity index is 332. The van der Waals surface area contributed by atoms with E-state index in [0.29, 0.717) is 5.56 Å². The Balaban J connectivity index is 2.91. The minimum atomic E-state index is -1.06. The fourth-order valence-corrected chi connectivity index (χ4v) is 1.17. The summed E-state index contributed by atoms with van der Waals surface area (Å²) in [6, 6.07) is 4.70. The average Bonchev–Trinajstić information content (AvgIpc) is 2.11. The van der Waals surface area contributed by atoms with Crippen LogP contribution in [-0.4, -0.2) is 23.1 Å². The monoisotopic (exact) mass is 197 g/mol. The fourth-order valence-electron chi connectivity index (χ4n) is 1.17. The van der Waals surface area contributed by atoms with Gasteiger partial charge in [0, 0.05) is 12.6 Å². The van der Waals surface area contributed by atoms with Gasteiger partial charge in [-0.2, -0.15) is 0 Å². The Hall–Kier alpha value is -1.58. The Kier molecular flexibility index (Phi) is 3.06. The summed E-state index contributed by atoms with van der Waals surface area (Å²) in [6.45, 7) is 1.84. The number of nitrogens with zero attached hydrogens (tertiary/aromatic N) is 1. The number of aryl methyl sites for hydroxylation is 1. The van der Waals surface area contributed by atoms with E-state index in [2.05, 4.69) is 0 Å². The summed E-state index contributed by atoms with van der Waals surface area (Å²) in [7, 11) is 1.41. The molecule has 0 heterocycles. The Labute approximate surface area is 81.8 Å². The van der Waals surface area contributed by atoms with Crippen molar-refractivity contribution in [3.63, 3.8) is 0 Å². The second-order valence-corrected chi connectivity index (χ2v) is 3.17. The first kappa shape index (κ1) is 10.5. The summed E-state index contributed by atoms with van der Waals surface area (Å²) in [5.41, 5.74) is 1.19. The molecule has 1 N–H and O–H groups in total. The molecule has 0 aliphatic carbocycles. The van der Waals surface area contributed by atoms with Gasteiger partial charge in [-0.15, -0.1) is 0 Å². The second-order valence-electron chi connectivity index (χ2n) is 3.17. The highest BCUT2D eigenvalue weighted by Gasteiger charge is 2.11. The summed E-state index contributed by atoms with van der Waals surface area (Å²) < 4.78 is 13.3. The standard InChI is InChI=1S/C10H12FNO2/c1-7-4-3-5-9(11)8(7)6-12(2)10(13)14/h3-5H,6H2,1-2H3,(H,13,14). The fraction of sp³-hybridized carbons (Fsp3) is 0.300. The number of hydrogen-bond acceptors (Lipinski definition) is 1. The molecule has 0 atom stereocenters. The van der Waals surface area contributed by atoms with E-state index in [1.165, 1.54) is 13.1 Å². The first-order valence-electron chi connectivity index (χ1n) is 4.20. The zero-order valence-corrected chi connectivity index (χ0v) is 8.12. The molecule has 0 unspecified atom stereocenters. The van der Waals surface area contributed by atoms with Gasteiger partial charge in [0.1, 0.15) is 5.82 Å². The Morgan fingerprint density at radius 3 is 2.71 bits per heavy atom. The summed E-state index contributed by atoms with van der Waals surface area (Å²) in [5, 5.41) is 8.63. The molecule has 0 fully saturated rings. The number of halogens is 1. The molecule has 0 saturated heterocycles. The van der Waals surface area contributed by atoms with E-state index in [4.69, 9.17) is 5.11 Å². The van der Waals surface area contributed by atoms with Crippen molar-refractivity contribution < 1.29 is 14.3 Å². The van der Waals surface area contributed by atoms with Crippen LogP contribution in [0.25, 0.3) is 0 Å². The molecule has 1 aromatic rings. The van der Waals surface area contributed by atoms with Crippen molar-refractivity contribution in [1.82, 2.24) is 4.90 Å². The smallest absolute Gasteiger partial charge is 0.407 e. The maximum Gasteiger partial charge on any atom is 0.407 e. The molecule has 0 spiro atoms. The highest BCUT2D eigenvalue weighted by molar-refractivity contribution is 5.64. The van der Waals surface area contributed by atoms with E-state index in [-0.39, 0.29) is 12.4 Å². The zero-order chi connectivity index (χ0) is 10.7. The molecule has 76 valence electrons. The highest BCUT2D eigenvalue weighted by Crippen LogP contribution is 2.14. The first-order valence-corrected chi connectivity index (χ1v) is 4.20. The number of amides is 1. The van der Waals surface area contributed by atoms with Crippen LogP contribution in [-0.2, 0) is 6.54 Å². The molecule has 1 aromatic carbocycles. The normalized spacial score (nSPS) is 9.93. The van der Waals surface area contributed by atoms with Crippen molar-refractivity contribution in [3.8, 4) is 0 Å². The van der Waals surface area contributed by atoms with Gasteiger partial charge in [-0.25, -0.2) is 9.18 Å². The third-order valence-corrected chi connectivity index (χ3v) is 2.07. The predicted octanol–water partition coefficient (Wildman–Crippen LogP) is 2.24. The molecule has 1 rings (SSSR count). The Morgan fingerprint density at radius 2 is 2.21 bits per heavy atom. The molecule has 1 amide bonds. The molecule has 14 heavy (non-hydrogen) atoms. The van der Waals surface area contributed by atoms with E-state index < -0.39 is 6.09 Å². The van der Waals surface area contributed by atoms with Gasteiger partial charge in [0.25, 0.3) is 0 Å². The van der Waals surface area contributed by atoms with Gasteiger partial charge >= 0.3 is 6.09 Å². The van der Waals surface area contributed by atoms with E-state index in [0.717, 1.165) is 10.5 Å². The van der Waals surface area contributed by atoms with Crippen molar-refractivity contribution in [2.24, 2.45) is 0 Å². The Morgan fingerprint density at radius 1 is 1.57 bits per heavy atom. The van der Waals surface area contributed by atoms with Gasteiger partial charge in [0.15, 0.2) is 0 Å². The third kappa shape index (κ3) is 2.22. The van der Waals surface area contributed by atoms with Gasteiger partial charge in [-0.1, -0.05) is 12.1 Å². The van der Waals surface area contributed by atoms with Crippen molar-refractivity contribution in [2.75, 3.05) is 7.05 Å². The first-order chi connectivity index (χ1) is 6.52. The van der Waals surface area contributed by atoms with E-state index in [9.17, 15) is 9.18 Å². The van der Waals surface area contributed by atoms with E-state index >= 15 is 0 Å². The molecular weight excluding hydrogens is 185 g/mol. The van der Waals surface area contributed by atoms with Gasteiger partial charge in [0.2, 0.25) is 0 Å². The average molecular weight is 197 g/mol. The van der Waals surface area contributed by atoms with Crippen LogP contribution in [0.1, 0.15) is 11.1 Å². The third-order valence-electron chi connectivity index (χ3n) is 2.07. The van der Waals surface area contributed by atoms with Crippen LogP contribution in [0.2, 0.25) is 0 Å². The maximum absolute atomic E-state index is 13.3. The quantitative estimate of drug-likeness (QED) is 0.789. The summed E-state index contributed by atoms with van der Waals surface area (Å²) in [6.07, 6.45) is -1.06. The minimum Gasteiger partial charge on any atom is -0.465 e. The lowest BCUT2D eigenvalue weighted by Gasteiger charge is -2.15. The van der Waals surface area contributed by atoms with Crippen molar-refractivity contribution in [2.45, 2.75) is 13.5 Å². The molecular formula is C10H12FNO2. The zero-order valence-electron chi connectivity index (χ0n) is 8.12. The molecule has 4 heteroatoms. The van der Waals surface area contributed by atoms with Crippen molar-refractivity contribution in [1.29, 1.82) is 0 Å². The summed E-state index contributed by atoms with van der Waals surface area (Å²) >= 11 is 0. The second kappa shape index (κ2) is 4.09. The molecule has 0 aliphatic heterocycles. The lowest BCUT2D eigenvalue weighted by Crippen LogP contribution is -2.24.